The lowest BCUT2D eigenvalue weighted by Gasteiger charge is -2.20. The Kier molecular flexibility index (Phi) is 29.4. The van der Waals surface area contributed by atoms with Gasteiger partial charge < -0.3 is 39.1 Å². The van der Waals surface area contributed by atoms with Crippen molar-refractivity contribution in [2.75, 3.05) is 45.0 Å². The fraction of sp³-hybridized carbons (Fsp3) is 0.433. The number of halogens is 6. The highest BCUT2D eigenvalue weighted by atomic mass is 127. The molecule has 5 aromatic carbocycles. The van der Waals surface area contributed by atoms with E-state index in [1.807, 2.05) is 126 Å². The Morgan fingerprint density at radius 1 is 0.716 bits per heavy atom. The van der Waals surface area contributed by atoms with Crippen molar-refractivity contribution in [1.82, 2.24) is 15.1 Å². The van der Waals surface area contributed by atoms with Gasteiger partial charge in [0.2, 0.25) is 11.9 Å². The Labute approximate surface area is 532 Å². The summed E-state index contributed by atoms with van der Waals surface area (Å²) in [6.07, 6.45) is -4.22. The van der Waals surface area contributed by atoms with Crippen LogP contribution >= 0.6 is 22.6 Å². The molecule has 0 aliphatic carbocycles. The Bertz CT molecular complexity index is 3270. The number of carbonyl (C=O) groups excluding carboxylic acids is 2. The van der Waals surface area contributed by atoms with E-state index in [0.29, 0.717) is 61.7 Å². The Hall–Kier alpha value is -6.59. The minimum Gasteiger partial charge on any atom is -0.494 e. The fourth-order valence-corrected chi connectivity index (χ4v) is 9.94. The quantitative estimate of drug-likeness (QED) is 0.00581. The first-order chi connectivity index (χ1) is 41.2. The van der Waals surface area contributed by atoms with E-state index in [1.165, 1.54) is 14.3 Å². The van der Waals surface area contributed by atoms with Crippen LogP contribution in [-0.2, 0) is 30.5 Å². The monoisotopic (exact) mass is 1370 g/mol. The molecule has 0 aliphatic rings. The van der Waals surface area contributed by atoms with Gasteiger partial charge in [-0.3, -0.25) is 10.2 Å². The summed E-state index contributed by atoms with van der Waals surface area (Å²) >= 11 is 2.25. The second kappa shape index (κ2) is 35.0. The van der Waals surface area contributed by atoms with Crippen LogP contribution in [0.15, 0.2) is 115 Å². The van der Waals surface area contributed by atoms with Crippen molar-refractivity contribution in [3.8, 4) is 23.3 Å². The van der Waals surface area contributed by atoms with E-state index in [1.54, 1.807) is 18.2 Å². The van der Waals surface area contributed by atoms with Crippen LogP contribution in [0.1, 0.15) is 102 Å². The second-order valence-electron chi connectivity index (χ2n) is 24.9. The maximum absolute atomic E-state index is 14.7. The Morgan fingerprint density at radius 3 is 1.89 bits per heavy atom. The number of benzene rings is 5. The minimum atomic E-state index is -4.33. The molecule has 0 spiro atoms. The standard InChI is InChI=1S/C36H48FN3O4Si.C17H20F4N2OSi.C14H19IO3/c1-8-30(26-12-10-9-11-13-26)33(27-14-17-29(18-15-27)43-21-20-39-35(41)44-36(2,3)4)28-16-19-32(31(24-28)34(37)38)40-25-42-22-23-45(5,6)7;1-25(2,3)10-9-24-12-23-15-7-6-13(5-4-8-17(19,20)21)11-14(15)16(18)22-23;1-14(2,3)18-13(16)5-4-10-17-12-8-6-11(15)7-9-12/h9-19,24,38,40H,8,20-23,25H2,1-7H3,(H,39,41);6-7,11H,8-10,12H2,1-3H3;6-9H,4-5,10H2,1-3H3/b33-30+,38-34?;;. The minimum absolute atomic E-state index is 0.129. The Morgan fingerprint density at radius 2 is 1.31 bits per heavy atom. The molecule has 0 radical (unpaired) electrons. The normalized spacial score (nSPS) is 12.0. The van der Waals surface area contributed by atoms with Gasteiger partial charge in [0.15, 0.2) is 0 Å². The lowest BCUT2D eigenvalue weighted by atomic mass is 9.87. The van der Waals surface area contributed by atoms with Gasteiger partial charge in [0.05, 0.1) is 29.6 Å². The van der Waals surface area contributed by atoms with E-state index in [2.05, 4.69) is 103 Å². The molecule has 0 fully saturated rings. The summed E-state index contributed by atoms with van der Waals surface area (Å²) in [4.78, 5) is 23.3. The van der Waals surface area contributed by atoms with E-state index < -0.39 is 58.0 Å². The van der Waals surface area contributed by atoms with Crippen molar-refractivity contribution in [2.45, 2.75) is 150 Å². The van der Waals surface area contributed by atoms with Gasteiger partial charge in [-0.2, -0.15) is 22.0 Å². The fourth-order valence-electron chi connectivity index (χ4n) is 8.07. The number of alkyl halides is 3. The molecule has 1 heterocycles. The first kappa shape index (κ1) is 73.9. The number of hydrogen-bond acceptors (Lipinski definition) is 11. The molecule has 3 N–H and O–H groups in total. The molecule has 1 aromatic heterocycles. The summed E-state index contributed by atoms with van der Waals surface area (Å²) in [5.41, 5.74) is 5.40. The van der Waals surface area contributed by atoms with Crippen molar-refractivity contribution < 1.29 is 60.0 Å². The number of ether oxygens (including phenoxy) is 6. The van der Waals surface area contributed by atoms with Crippen molar-refractivity contribution in [3.63, 3.8) is 0 Å². The van der Waals surface area contributed by atoms with Gasteiger partial charge in [-0.25, -0.2) is 9.48 Å². The zero-order valence-corrected chi connectivity index (χ0v) is 57.2. The van der Waals surface area contributed by atoms with Crippen LogP contribution in [0.2, 0.25) is 51.4 Å². The highest BCUT2D eigenvalue weighted by molar-refractivity contribution is 14.1. The van der Waals surface area contributed by atoms with Crippen LogP contribution in [0.3, 0.4) is 0 Å². The number of alkyl carbamates (subject to hydrolysis) is 1. The lowest BCUT2D eigenvalue weighted by Crippen LogP contribution is -2.34. The van der Waals surface area contributed by atoms with E-state index in [0.717, 1.165) is 52.1 Å². The average molecular weight is 1370 g/mol. The average Bonchev–Trinajstić information content (AvgIpc) is 2.48. The number of allylic oxidation sites excluding steroid dienone is 1. The largest absolute Gasteiger partial charge is 0.494 e. The van der Waals surface area contributed by atoms with E-state index >= 15 is 0 Å². The molecule has 21 heteroatoms. The summed E-state index contributed by atoms with van der Waals surface area (Å²) in [5.74, 6) is 4.05. The number of aromatic nitrogens is 2. The predicted molar refractivity (Wildman–Crippen MR) is 357 cm³/mol. The number of carbonyl (C=O) groups is 2. The second-order valence-corrected chi connectivity index (χ2v) is 37.4. The molecule has 6 aromatic rings. The maximum Gasteiger partial charge on any atom is 0.407 e. The predicted octanol–water partition coefficient (Wildman–Crippen LogP) is 17.6. The first-order valence-electron chi connectivity index (χ1n) is 29.3. The van der Waals surface area contributed by atoms with Crippen LogP contribution in [0.4, 0.5) is 32.4 Å². The molecular formula is C67H87F5IN5O8Si2. The van der Waals surface area contributed by atoms with E-state index in [9.17, 15) is 31.5 Å². The summed E-state index contributed by atoms with van der Waals surface area (Å²) in [7, 11) is -2.42. The van der Waals surface area contributed by atoms with Gasteiger partial charge in [-0.1, -0.05) is 107 Å². The van der Waals surface area contributed by atoms with Gasteiger partial charge >= 0.3 is 18.2 Å². The van der Waals surface area contributed by atoms with Crippen LogP contribution in [0.5, 0.6) is 11.5 Å². The van der Waals surface area contributed by atoms with Gasteiger partial charge in [0.25, 0.3) is 0 Å². The molecule has 0 saturated heterocycles. The molecule has 1 amide bonds. The molecule has 88 heavy (non-hydrogen) atoms. The number of nitrogens with zero attached hydrogens (tertiary/aromatic N) is 2. The van der Waals surface area contributed by atoms with Crippen molar-refractivity contribution in [2.24, 2.45) is 0 Å². The van der Waals surface area contributed by atoms with E-state index in [-0.39, 0.29) is 37.0 Å². The van der Waals surface area contributed by atoms with Crippen LogP contribution in [0, 0.1) is 26.8 Å². The van der Waals surface area contributed by atoms with E-state index in [4.69, 9.17) is 33.8 Å². The third-order valence-electron chi connectivity index (χ3n) is 12.3. The number of esters is 1. The van der Waals surface area contributed by atoms with Crippen LogP contribution < -0.4 is 20.1 Å². The molecule has 13 nitrogen and oxygen atoms in total. The maximum atomic E-state index is 14.7. The summed E-state index contributed by atoms with van der Waals surface area (Å²) in [5, 5.41) is 17.8. The lowest BCUT2D eigenvalue weighted by molar-refractivity contribution is -0.155. The number of fused-ring (bicyclic) bond motifs is 1. The zero-order chi connectivity index (χ0) is 65.3. The number of hydrogen-bond donors (Lipinski definition) is 3. The van der Waals surface area contributed by atoms with Gasteiger partial charge in [0, 0.05) is 50.6 Å². The molecule has 0 aliphatic heterocycles. The number of amides is 1. The zero-order valence-electron chi connectivity index (χ0n) is 53.1. The molecule has 478 valence electrons. The summed E-state index contributed by atoms with van der Waals surface area (Å²) < 4.78 is 101. The van der Waals surface area contributed by atoms with Crippen molar-refractivity contribution >= 4 is 84.5 Å². The summed E-state index contributed by atoms with van der Waals surface area (Å²) in [6, 6.07) is 37.7. The van der Waals surface area contributed by atoms with Crippen LogP contribution in [-0.4, -0.2) is 101 Å². The van der Waals surface area contributed by atoms with Crippen molar-refractivity contribution in [3.05, 3.63) is 153 Å². The highest BCUT2D eigenvalue weighted by Gasteiger charge is 2.25. The molecule has 0 unspecified atom stereocenters. The third kappa shape index (κ3) is 29.2. The molecule has 6 rings (SSSR count). The third-order valence-corrected chi connectivity index (χ3v) is 16.5. The molecule has 0 bridgehead atoms. The smallest absolute Gasteiger partial charge is 0.407 e. The van der Waals surface area contributed by atoms with Gasteiger partial charge in [-0.15, -0.1) is 5.10 Å². The van der Waals surface area contributed by atoms with Crippen LogP contribution in [0.25, 0.3) is 22.0 Å². The van der Waals surface area contributed by atoms with Gasteiger partial charge in [0.1, 0.15) is 49.2 Å². The van der Waals surface area contributed by atoms with Gasteiger partial charge in [-0.05, 0) is 184 Å². The van der Waals surface area contributed by atoms with Crippen molar-refractivity contribution in [1.29, 1.82) is 5.41 Å². The molecule has 0 saturated carbocycles. The highest BCUT2D eigenvalue weighted by Crippen LogP contribution is 2.37. The number of rotatable bonds is 25. The number of anilines is 1. The Balaban J connectivity index is 0.000000321. The summed E-state index contributed by atoms with van der Waals surface area (Å²) in [6.45, 7) is 29.5. The number of nitrogens with one attached hydrogen (secondary N) is 3. The topological polar surface area (TPSA) is 155 Å². The molecule has 0 atom stereocenters. The molecular weight excluding hydrogens is 1280 g/mol. The SMILES string of the molecule is CC(C)(C)OC(=O)CCCOc1ccc(I)cc1.CC/C(=C(/c1ccc(OCCNC(=O)OC(C)(C)C)cc1)c1ccc(NCOCC[Si](C)(C)C)c(C(=N)F)c1)c1ccccc1.C[Si](C)(C)CCOCn1nc(F)c2cc(C#CCC(F)(F)F)ccc21. The first-order valence-corrected chi connectivity index (χ1v) is 37.8.